The third-order valence-corrected chi connectivity index (χ3v) is 5.92. The van der Waals surface area contributed by atoms with Gasteiger partial charge >= 0.3 is 0 Å². The molecule has 0 heterocycles. The molecular weight excluding hydrogens is 504 g/mol. The maximum absolute atomic E-state index is 12.6. The molecule has 2 amide bonds. The topological polar surface area (TPSA) is 129 Å². The molecule has 0 aromatic heterocycles. The van der Waals surface area contributed by atoms with Crippen molar-refractivity contribution in [2.45, 2.75) is 38.7 Å². The molecule has 0 aliphatic heterocycles. The molecule has 39 heavy (non-hydrogen) atoms. The number of nitrogens with one attached hydrogen (secondary N) is 4. The molecule has 0 fully saturated rings. The lowest BCUT2D eigenvalue weighted by Crippen LogP contribution is -2.33. The molecular formula is C29H33F2N5O3. The lowest BCUT2D eigenvalue weighted by Gasteiger charge is -2.19. The molecule has 206 valence electrons. The minimum absolute atomic E-state index is 0.0222. The van der Waals surface area contributed by atoms with E-state index in [4.69, 9.17) is 15.9 Å². The molecule has 0 spiro atoms. The average Bonchev–Trinajstić information content (AvgIpc) is 2.93. The van der Waals surface area contributed by atoms with Gasteiger partial charge in [-0.1, -0.05) is 37.3 Å². The Kier molecular flexibility index (Phi) is 10.8. The van der Waals surface area contributed by atoms with E-state index in [9.17, 15) is 18.4 Å². The Morgan fingerprint density at radius 3 is 2.41 bits per heavy atom. The molecule has 0 unspecified atom stereocenters. The number of nitrogens with two attached hydrogens (primary N) is 1. The highest BCUT2D eigenvalue weighted by molar-refractivity contribution is 5.95. The van der Waals surface area contributed by atoms with Crippen LogP contribution in [0.4, 0.5) is 20.2 Å². The zero-order valence-electron chi connectivity index (χ0n) is 21.7. The summed E-state index contributed by atoms with van der Waals surface area (Å²) in [7, 11) is 0. The molecule has 0 saturated heterocycles. The summed E-state index contributed by atoms with van der Waals surface area (Å²) in [6, 6.07) is 20.8. The maximum atomic E-state index is 12.6. The summed E-state index contributed by atoms with van der Waals surface area (Å²) in [4.78, 5) is 25.2. The first-order chi connectivity index (χ1) is 18.7. The van der Waals surface area contributed by atoms with Crippen molar-refractivity contribution in [2.24, 2.45) is 5.73 Å². The first-order valence-electron chi connectivity index (χ1n) is 12.6. The zero-order chi connectivity index (χ0) is 28.2. The van der Waals surface area contributed by atoms with E-state index < -0.39 is 13.0 Å². The lowest BCUT2D eigenvalue weighted by molar-refractivity contribution is -0.120. The highest BCUT2D eigenvalue weighted by Gasteiger charge is 2.14. The van der Waals surface area contributed by atoms with E-state index in [0.29, 0.717) is 35.4 Å². The van der Waals surface area contributed by atoms with Crippen LogP contribution in [0.25, 0.3) is 0 Å². The number of hydrogen-bond acceptors (Lipinski definition) is 5. The molecule has 10 heteroatoms. The summed E-state index contributed by atoms with van der Waals surface area (Å²) in [6.45, 7) is 1.32. The Labute approximate surface area is 226 Å². The number of halogens is 2. The van der Waals surface area contributed by atoms with Crippen molar-refractivity contribution in [1.82, 2.24) is 5.32 Å². The smallest absolute Gasteiger partial charge is 0.272 e. The predicted molar refractivity (Wildman–Crippen MR) is 148 cm³/mol. The fourth-order valence-corrected chi connectivity index (χ4v) is 3.93. The second kappa shape index (κ2) is 14.5. The van der Waals surface area contributed by atoms with Crippen molar-refractivity contribution >= 4 is 29.0 Å². The van der Waals surface area contributed by atoms with Gasteiger partial charge in [0.05, 0.1) is 12.6 Å². The van der Waals surface area contributed by atoms with Crippen molar-refractivity contribution in [3.63, 3.8) is 0 Å². The quantitative estimate of drug-likeness (QED) is 0.148. The number of amides is 2. The first kappa shape index (κ1) is 29.1. The second-order valence-electron chi connectivity index (χ2n) is 8.86. The molecule has 3 rings (SSSR count). The number of aryl methyl sites for hydroxylation is 1. The Balaban J connectivity index is 1.52. The number of carbonyl (C=O) groups excluding carboxylic acids is 2. The number of rotatable bonds is 14. The zero-order valence-corrected chi connectivity index (χ0v) is 21.7. The SMILES string of the molecule is CC[C@@H](NC(=O)CNc1ccc(C(=N)N)cc1)c1cccc(NC(=O)CCc2ccccc2OCC(F)F)c1. The van der Waals surface area contributed by atoms with Crippen LogP contribution in [0.1, 0.15) is 42.5 Å². The highest BCUT2D eigenvalue weighted by Crippen LogP contribution is 2.22. The molecule has 0 aliphatic rings. The molecule has 0 aliphatic carbocycles. The van der Waals surface area contributed by atoms with Crippen LogP contribution in [0.5, 0.6) is 5.75 Å². The van der Waals surface area contributed by atoms with Crippen LogP contribution in [-0.4, -0.2) is 37.2 Å². The third-order valence-electron chi connectivity index (χ3n) is 5.92. The van der Waals surface area contributed by atoms with E-state index in [1.54, 1.807) is 54.6 Å². The summed E-state index contributed by atoms with van der Waals surface area (Å²) >= 11 is 0. The molecule has 8 nitrogen and oxygen atoms in total. The van der Waals surface area contributed by atoms with E-state index in [1.807, 2.05) is 25.1 Å². The van der Waals surface area contributed by atoms with E-state index >= 15 is 0 Å². The third kappa shape index (κ3) is 9.41. The van der Waals surface area contributed by atoms with Gasteiger partial charge in [-0.2, -0.15) is 0 Å². The monoisotopic (exact) mass is 537 g/mol. The Morgan fingerprint density at radius 1 is 0.974 bits per heavy atom. The van der Waals surface area contributed by atoms with Gasteiger partial charge in [-0.3, -0.25) is 15.0 Å². The van der Waals surface area contributed by atoms with Gasteiger partial charge in [0.15, 0.2) is 0 Å². The average molecular weight is 538 g/mol. The summed E-state index contributed by atoms with van der Waals surface area (Å²) in [5, 5.41) is 16.4. The molecule has 3 aromatic carbocycles. The fourth-order valence-electron chi connectivity index (χ4n) is 3.93. The minimum Gasteiger partial charge on any atom is -0.487 e. The summed E-state index contributed by atoms with van der Waals surface area (Å²) in [6.07, 6.45) is -1.45. The number of benzene rings is 3. The normalized spacial score (nSPS) is 11.5. The van der Waals surface area contributed by atoms with Crippen LogP contribution in [0, 0.1) is 5.41 Å². The fraction of sp³-hybridized carbons (Fsp3) is 0.276. The van der Waals surface area contributed by atoms with Gasteiger partial charge in [-0.25, -0.2) is 8.78 Å². The van der Waals surface area contributed by atoms with Crippen LogP contribution in [0.2, 0.25) is 0 Å². The van der Waals surface area contributed by atoms with Crippen molar-refractivity contribution < 1.29 is 23.1 Å². The number of para-hydroxylation sites is 1. The molecule has 3 aromatic rings. The number of ether oxygens (including phenoxy) is 1. The van der Waals surface area contributed by atoms with Crippen LogP contribution in [0.15, 0.2) is 72.8 Å². The molecule has 6 N–H and O–H groups in total. The number of anilines is 2. The molecule has 1 atom stereocenters. The standard InChI is InChI=1S/C29H33F2N5O3/c1-2-24(36-28(38)17-34-22-13-10-20(11-14-22)29(32)33)21-7-5-8-23(16-21)35-27(37)15-12-19-6-3-4-9-25(19)39-18-26(30)31/h3-11,13-14,16,24,26,34H,2,12,15,17-18H2,1H3,(H3,32,33)(H,35,37)(H,36,38)/t24-/m1/s1. The van der Waals surface area contributed by atoms with Gasteiger partial charge < -0.3 is 26.4 Å². The van der Waals surface area contributed by atoms with Crippen LogP contribution in [0.3, 0.4) is 0 Å². The van der Waals surface area contributed by atoms with Crippen molar-refractivity contribution in [1.29, 1.82) is 5.41 Å². The number of alkyl halides is 2. The van der Waals surface area contributed by atoms with E-state index in [2.05, 4.69) is 16.0 Å². The minimum atomic E-state index is -2.58. The Bertz CT molecular complexity index is 1270. The van der Waals surface area contributed by atoms with E-state index in [0.717, 1.165) is 11.3 Å². The second-order valence-corrected chi connectivity index (χ2v) is 8.86. The van der Waals surface area contributed by atoms with Crippen LogP contribution >= 0.6 is 0 Å². The molecule has 0 bridgehead atoms. The van der Waals surface area contributed by atoms with Crippen molar-refractivity contribution in [3.8, 4) is 5.75 Å². The van der Waals surface area contributed by atoms with Crippen molar-refractivity contribution in [2.75, 3.05) is 23.8 Å². The molecule has 0 saturated carbocycles. The van der Waals surface area contributed by atoms with Gasteiger partial charge in [-0.05, 0) is 66.4 Å². The predicted octanol–water partition coefficient (Wildman–Crippen LogP) is 4.87. The van der Waals surface area contributed by atoms with Crippen LogP contribution in [-0.2, 0) is 16.0 Å². The Hall–Kier alpha value is -4.47. The largest absolute Gasteiger partial charge is 0.487 e. The van der Waals surface area contributed by atoms with Gasteiger partial charge in [0, 0.05) is 23.4 Å². The summed E-state index contributed by atoms with van der Waals surface area (Å²) in [5.74, 6) is -0.102. The number of nitrogen functional groups attached to an aromatic ring is 1. The van der Waals surface area contributed by atoms with Crippen LogP contribution < -0.4 is 26.4 Å². The number of hydrogen-bond donors (Lipinski definition) is 5. The number of carbonyl (C=O) groups is 2. The molecule has 0 radical (unpaired) electrons. The lowest BCUT2D eigenvalue weighted by atomic mass is 10.0. The number of amidine groups is 1. The van der Waals surface area contributed by atoms with Gasteiger partial charge in [0.25, 0.3) is 6.43 Å². The Morgan fingerprint density at radius 2 is 1.72 bits per heavy atom. The van der Waals surface area contributed by atoms with Crippen molar-refractivity contribution in [3.05, 3.63) is 89.5 Å². The maximum Gasteiger partial charge on any atom is 0.272 e. The van der Waals surface area contributed by atoms with E-state index in [1.165, 1.54) is 0 Å². The summed E-state index contributed by atoms with van der Waals surface area (Å²) < 4.78 is 30.2. The van der Waals surface area contributed by atoms with Gasteiger partial charge in [0.2, 0.25) is 11.8 Å². The van der Waals surface area contributed by atoms with Gasteiger partial charge in [0.1, 0.15) is 18.2 Å². The first-order valence-corrected chi connectivity index (χ1v) is 12.6. The summed E-state index contributed by atoms with van der Waals surface area (Å²) in [5.41, 5.74) is 8.92. The van der Waals surface area contributed by atoms with E-state index in [-0.39, 0.29) is 36.7 Å². The van der Waals surface area contributed by atoms with Gasteiger partial charge in [-0.15, -0.1) is 0 Å². The highest BCUT2D eigenvalue weighted by atomic mass is 19.3.